The van der Waals surface area contributed by atoms with E-state index in [0.29, 0.717) is 30.8 Å². The van der Waals surface area contributed by atoms with E-state index < -0.39 is 16.0 Å². The molecular formula is C18H21N3O4S. The molecule has 138 valence electrons. The molecule has 1 aliphatic rings. The van der Waals surface area contributed by atoms with E-state index in [1.165, 1.54) is 16.9 Å². The Morgan fingerprint density at radius 3 is 2.81 bits per heavy atom. The highest BCUT2D eigenvalue weighted by Gasteiger charge is 2.26. The smallest absolute Gasteiger partial charge is 0.336 e. The summed E-state index contributed by atoms with van der Waals surface area (Å²) < 4.78 is 25.1. The summed E-state index contributed by atoms with van der Waals surface area (Å²) in [7, 11) is -3.18. The number of carboxylic acids is 1. The summed E-state index contributed by atoms with van der Waals surface area (Å²) in [6.07, 6.45) is 5.08. The fourth-order valence-corrected chi connectivity index (χ4v) is 4.28. The molecule has 8 heteroatoms. The lowest BCUT2D eigenvalue weighted by molar-refractivity contribution is 0.0697. The van der Waals surface area contributed by atoms with Crippen LogP contribution in [0.1, 0.15) is 28.9 Å². The molecule has 1 aromatic heterocycles. The number of hydrogen-bond acceptors (Lipinski definition) is 5. The van der Waals surface area contributed by atoms with Gasteiger partial charge in [-0.2, -0.15) is 0 Å². The van der Waals surface area contributed by atoms with Gasteiger partial charge in [0.1, 0.15) is 6.33 Å². The molecular weight excluding hydrogens is 354 g/mol. The lowest BCUT2D eigenvalue weighted by Gasteiger charge is -2.30. The van der Waals surface area contributed by atoms with Crippen molar-refractivity contribution in [2.75, 3.05) is 19.3 Å². The Hall–Kier alpha value is -2.32. The molecule has 7 nitrogen and oxygen atoms in total. The molecule has 1 fully saturated rings. The molecule has 2 aromatic rings. The number of nitrogens with zero attached hydrogens (tertiary/aromatic N) is 3. The monoisotopic (exact) mass is 375 g/mol. The van der Waals surface area contributed by atoms with E-state index in [4.69, 9.17) is 0 Å². The molecule has 1 aliphatic heterocycles. The van der Waals surface area contributed by atoms with Gasteiger partial charge in [0, 0.05) is 24.3 Å². The van der Waals surface area contributed by atoms with E-state index in [1.807, 2.05) is 0 Å². The van der Waals surface area contributed by atoms with E-state index in [9.17, 15) is 18.3 Å². The highest BCUT2D eigenvalue weighted by molar-refractivity contribution is 7.88. The molecule has 0 aliphatic carbocycles. The van der Waals surface area contributed by atoms with Crippen molar-refractivity contribution in [1.82, 2.24) is 14.3 Å². The van der Waals surface area contributed by atoms with Crippen LogP contribution in [-0.2, 0) is 16.4 Å². The maximum Gasteiger partial charge on any atom is 0.336 e. The number of carboxylic acid groups (broad SMARTS) is 1. The largest absolute Gasteiger partial charge is 0.478 e. The van der Waals surface area contributed by atoms with Gasteiger partial charge in [-0.15, -0.1) is 0 Å². The molecule has 26 heavy (non-hydrogen) atoms. The lowest BCUT2D eigenvalue weighted by Crippen LogP contribution is -2.39. The van der Waals surface area contributed by atoms with E-state index in [-0.39, 0.29) is 11.5 Å². The summed E-state index contributed by atoms with van der Waals surface area (Å²) in [5, 5.41) is 9.36. The minimum absolute atomic E-state index is 0.191. The third-order valence-electron chi connectivity index (χ3n) is 4.61. The number of benzene rings is 1. The number of sulfonamides is 1. The first-order valence-electron chi connectivity index (χ1n) is 8.43. The Morgan fingerprint density at radius 1 is 1.31 bits per heavy atom. The topological polar surface area (TPSA) is 100 Å². The molecule has 2 heterocycles. The van der Waals surface area contributed by atoms with Crippen molar-refractivity contribution in [1.29, 1.82) is 0 Å². The third-order valence-corrected chi connectivity index (χ3v) is 5.88. The van der Waals surface area contributed by atoms with Crippen LogP contribution < -0.4 is 0 Å². The van der Waals surface area contributed by atoms with Crippen LogP contribution in [0.2, 0.25) is 0 Å². The third kappa shape index (κ3) is 4.25. The molecule has 1 aromatic carbocycles. The zero-order valence-corrected chi connectivity index (χ0v) is 15.3. The second-order valence-electron chi connectivity index (χ2n) is 6.58. The van der Waals surface area contributed by atoms with Gasteiger partial charge < -0.3 is 5.11 Å². The minimum Gasteiger partial charge on any atom is -0.478 e. The van der Waals surface area contributed by atoms with Crippen LogP contribution in [0, 0.1) is 5.92 Å². The standard InChI is InChI=1S/C18H21N3O4S/c1-26(24,25)21-8-4-5-13(11-21)9-14-10-17(20-12-19-14)15-6-2-3-7-16(15)18(22)23/h2-3,6-7,10,12-13H,4-5,8-9,11H2,1H3,(H,22,23)/t13-/m1/s1. The molecule has 1 saturated heterocycles. The van der Waals surface area contributed by atoms with Crippen molar-refractivity contribution in [3.8, 4) is 11.3 Å². The number of carbonyl (C=O) groups is 1. The molecule has 0 amide bonds. The first kappa shape index (κ1) is 18.5. The van der Waals surface area contributed by atoms with E-state index in [0.717, 1.165) is 18.5 Å². The Balaban J connectivity index is 1.81. The summed E-state index contributed by atoms with van der Waals surface area (Å²) in [6.45, 7) is 1.06. The van der Waals surface area contributed by atoms with Crippen LogP contribution in [0.4, 0.5) is 0 Å². The number of piperidine rings is 1. The second-order valence-corrected chi connectivity index (χ2v) is 8.56. The molecule has 1 atom stereocenters. The molecule has 0 saturated carbocycles. The summed E-state index contributed by atoms with van der Waals surface area (Å²) in [4.78, 5) is 19.9. The van der Waals surface area contributed by atoms with Crippen molar-refractivity contribution in [3.63, 3.8) is 0 Å². The first-order chi connectivity index (χ1) is 12.3. The van der Waals surface area contributed by atoms with Crippen LogP contribution in [0.25, 0.3) is 11.3 Å². The fraction of sp³-hybridized carbons (Fsp3) is 0.389. The Kier molecular flexibility index (Phi) is 5.33. The molecule has 0 unspecified atom stereocenters. The van der Waals surface area contributed by atoms with E-state index in [2.05, 4.69) is 9.97 Å². The van der Waals surface area contributed by atoms with Gasteiger partial charge in [-0.1, -0.05) is 18.2 Å². The second kappa shape index (κ2) is 7.51. The predicted octanol–water partition coefficient (Wildman–Crippen LogP) is 2.06. The van der Waals surface area contributed by atoms with Crippen LogP contribution in [0.15, 0.2) is 36.7 Å². The maximum atomic E-state index is 11.8. The Morgan fingerprint density at radius 2 is 2.08 bits per heavy atom. The Labute approximate surface area is 152 Å². The van der Waals surface area contributed by atoms with Gasteiger partial charge in [0.15, 0.2) is 0 Å². The van der Waals surface area contributed by atoms with Gasteiger partial charge in [-0.25, -0.2) is 27.5 Å². The molecule has 0 bridgehead atoms. The van der Waals surface area contributed by atoms with E-state index >= 15 is 0 Å². The number of aromatic nitrogens is 2. The van der Waals surface area contributed by atoms with Gasteiger partial charge in [0.2, 0.25) is 10.0 Å². The average molecular weight is 375 g/mol. The van der Waals surface area contributed by atoms with Crippen LogP contribution >= 0.6 is 0 Å². The van der Waals surface area contributed by atoms with Crippen LogP contribution in [-0.4, -0.2) is 53.1 Å². The van der Waals surface area contributed by atoms with Crippen molar-refractivity contribution >= 4 is 16.0 Å². The minimum atomic E-state index is -3.18. The quantitative estimate of drug-likeness (QED) is 0.858. The highest BCUT2D eigenvalue weighted by atomic mass is 32.2. The Bertz CT molecular complexity index is 914. The summed E-state index contributed by atoms with van der Waals surface area (Å²) in [5.41, 5.74) is 2.09. The van der Waals surface area contributed by atoms with Gasteiger partial charge in [0.05, 0.1) is 17.5 Å². The summed E-state index contributed by atoms with van der Waals surface area (Å²) >= 11 is 0. The highest BCUT2D eigenvalue weighted by Crippen LogP contribution is 2.25. The van der Waals surface area contributed by atoms with Crippen molar-refractivity contribution < 1.29 is 18.3 Å². The van der Waals surface area contributed by atoms with E-state index in [1.54, 1.807) is 30.3 Å². The SMILES string of the molecule is CS(=O)(=O)N1CCC[C@H](Cc2cc(-c3ccccc3C(=O)O)ncn2)C1. The maximum absolute atomic E-state index is 11.8. The molecule has 1 N–H and O–H groups in total. The van der Waals surface area contributed by atoms with Gasteiger partial charge >= 0.3 is 5.97 Å². The van der Waals surface area contributed by atoms with Crippen molar-refractivity contribution in [3.05, 3.63) is 47.9 Å². The average Bonchev–Trinajstić information content (AvgIpc) is 2.61. The van der Waals surface area contributed by atoms with Crippen molar-refractivity contribution in [2.24, 2.45) is 5.92 Å². The zero-order valence-electron chi connectivity index (χ0n) is 14.5. The first-order valence-corrected chi connectivity index (χ1v) is 10.3. The predicted molar refractivity (Wildman–Crippen MR) is 97.3 cm³/mol. The molecule has 0 spiro atoms. The van der Waals surface area contributed by atoms with Gasteiger partial charge in [-0.05, 0) is 37.3 Å². The number of hydrogen-bond donors (Lipinski definition) is 1. The summed E-state index contributed by atoms with van der Waals surface area (Å²) in [5.74, 6) is -0.812. The lowest BCUT2D eigenvalue weighted by atomic mass is 9.94. The van der Waals surface area contributed by atoms with Gasteiger partial charge in [0.25, 0.3) is 0 Å². The van der Waals surface area contributed by atoms with Crippen LogP contribution in [0.3, 0.4) is 0 Å². The number of aromatic carboxylic acids is 1. The fourth-order valence-electron chi connectivity index (χ4n) is 3.34. The molecule has 3 rings (SSSR count). The number of rotatable bonds is 5. The van der Waals surface area contributed by atoms with Crippen molar-refractivity contribution in [2.45, 2.75) is 19.3 Å². The van der Waals surface area contributed by atoms with Crippen LogP contribution in [0.5, 0.6) is 0 Å². The normalized spacial score (nSPS) is 18.6. The molecule has 0 radical (unpaired) electrons. The summed E-state index contributed by atoms with van der Waals surface area (Å²) in [6, 6.07) is 8.51. The zero-order chi connectivity index (χ0) is 18.7. The van der Waals surface area contributed by atoms with Gasteiger partial charge in [-0.3, -0.25) is 0 Å².